The van der Waals surface area contributed by atoms with Crippen LogP contribution in [-0.4, -0.2) is 24.6 Å². The molecule has 0 aliphatic carbocycles. The van der Waals surface area contributed by atoms with Gasteiger partial charge in [-0.05, 0) is 64.1 Å². The molecule has 2 aromatic carbocycles. The van der Waals surface area contributed by atoms with Crippen molar-refractivity contribution in [3.05, 3.63) is 63.6 Å². The Morgan fingerprint density at radius 2 is 1.68 bits per heavy atom. The summed E-state index contributed by atoms with van der Waals surface area (Å²) in [5, 5.41) is 4.15. The minimum absolute atomic E-state index is 0.217. The summed E-state index contributed by atoms with van der Waals surface area (Å²) in [6.45, 7) is 5.89. The summed E-state index contributed by atoms with van der Waals surface area (Å²) in [5.74, 6) is 0.479. The van der Waals surface area contributed by atoms with Crippen LogP contribution < -0.4 is 15.5 Å². The molecule has 0 radical (unpaired) electrons. The molecule has 0 saturated heterocycles. The molecule has 0 aliphatic heterocycles. The van der Waals surface area contributed by atoms with E-state index in [4.69, 9.17) is 32.8 Å². The van der Waals surface area contributed by atoms with Crippen LogP contribution in [0.25, 0.3) is 0 Å². The van der Waals surface area contributed by atoms with Crippen molar-refractivity contribution in [3.8, 4) is 5.75 Å². The van der Waals surface area contributed by atoms with Crippen LogP contribution in [-0.2, 0) is 22.7 Å². The first-order valence-corrected chi connectivity index (χ1v) is 9.75. The number of hydrogen-bond donors (Lipinski definition) is 2. The maximum atomic E-state index is 12.3. The van der Waals surface area contributed by atoms with Gasteiger partial charge in [0.2, 0.25) is 0 Å². The summed E-state index contributed by atoms with van der Waals surface area (Å²) in [6, 6.07) is 12.5. The fourth-order valence-electron chi connectivity index (χ4n) is 2.38. The molecule has 1 unspecified atom stereocenters. The maximum absolute atomic E-state index is 12.3. The quantitative estimate of drug-likeness (QED) is 0.610. The van der Waals surface area contributed by atoms with Crippen molar-refractivity contribution in [2.45, 2.75) is 45.4 Å². The van der Waals surface area contributed by atoms with E-state index in [2.05, 4.69) is 10.8 Å². The number of ether oxygens (including phenoxy) is 1. The van der Waals surface area contributed by atoms with Crippen molar-refractivity contribution in [2.75, 3.05) is 7.05 Å². The Kier molecular flexibility index (Phi) is 8.13. The lowest BCUT2D eigenvalue weighted by atomic mass is 10.1. The highest BCUT2D eigenvalue weighted by molar-refractivity contribution is 6.35. The average Bonchev–Trinajstić information content (AvgIpc) is 2.64. The van der Waals surface area contributed by atoms with Crippen LogP contribution in [0, 0.1) is 0 Å². The molecule has 0 fully saturated rings. The molecular formula is C21H26Cl2N2O3. The number of likely N-dealkylation sites (N-methyl/N-ethyl adjacent to an activating group) is 1. The first-order valence-electron chi connectivity index (χ1n) is 8.99. The number of hydrogen-bond acceptors (Lipinski definition) is 4. The Labute approximate surface area is 176 Å². The van der Waals surface area contributed by atoms with Gasteiger partial charge in [-0.1, -0.05) is 41.4 Å². The monoisotopic (exact) mass is 424 g/mol. The first kappa shape index (κ1) is 22.5. The van der Waals surface area contributed by atoms with Gasteiger partial charge in [0.1, 0.15) is 12.4 Å². The minimum Gasteiger partial charge on any atom is -0.489 e. The Morgan fingerprint density at radius 3 is 2.21 bits per heavy atom. The molecule has 0 saturated carbocycles. The van der Waals surface area contributed by atoms with Crippen molar-refractivity contribution in [1.82, 2.24) is 10.8 Å². The van der Waals surface area contributed by atoms with Gasteiger partial charge in [-0.25, -0.2) is 5.48 Å². The van der Waals surface area contributed by atoms with Crippen molar-refractivity contribution >= 4 is 29.1 Å². The Morgan fingerprint density at radius 1 is 1.07 bits per heavy atom. The van der Waals surface area contributed by atoms with Crippen molar-refractivity contribution < 1.29 is 14.4 Å². The summed E-state index contributed by atoms with van der Waals surface area (Å²) in [4.78, 5) is 17.6. The van der Waals surface area contributed by atoms with Crippen LogP contribution in [0.4, 0.5) is 0 Å². The lowest BCUT2D eigenvalue weighted by Gasteiger charge is -2.22. The van der Waals surface area contributed by atoms with Crippen LogP contribution in [0.5, 0.6) is 5.75 Å². The predicted molar refractivity (Wildman–Crippen MR) is 113 cm³/mol. The smallest absolute Gasteiger partial charge is 0.261 e. The molecule has 2 aromatic rings. The molecular weight excluding hydrogens is 399 g/mol. The molecule has 0 spiro atoms. The van der Waals surface area contributed by atoms with E-state index in [0.717, 1.165) is 11.1 Å². The molecule has 5 nitrogen and oxygen atoms in total. The van der Waals surface area contributed by atoms with E-state index in [0.29, 0.717) is 22.2 Å². The standard InChI is InChI=1S/C21H26Cl2N2O3/c1-21(2,3)28-25-20(26)19(24-4)12-14-8-10-15(11-9-14)27-13-16-17(22)6-5-7-18(16)23/h5-11,19,24H,12-13H2,1-4H3,(H,25,26). The Balaban J connectivity index is 1.93. The van der Waals surface area contributed by atoms with Crippen molar-refractivity contribution in [3.63, 3.8) is 0 Å². The van der Waals surface area contributed by atoms with Gasteiger partial charge < -0.3 is 10.1 Å². The summed E-state index contributed by atoms with van der Waals surface area (Å²) in [7, 11) is 1.74. The number of amides is 1. The molecule has 1 atom stereocenters. The van der Waals surface area contributed by atoms with Crippen LogP contribution in [0.1, 0.15) is 31.9 Å². The minimum atomic E-state index is -0.447. The lowest BCUT2D eigenvalue weighted by Crippen LogP contribution is -2.46. The van der Waals surface area contributed by atoms with Gasteiger partial charge in [-0.3, -0.25) is 9.63 Å². The molecule has 0 heterocycles. The molecule has 7 heteroatoms. The zero-order valence-electron chi connectivity index (χ0n) is 16.5. The largest absolute Gasteiger partial charge is 0.489 e. The molecule has 152 valence electrons. The van der Waals surface area contributed by atoms with E-state index in [-0.39, 0.29) is 12.5 Å². The van der Waals surface area contributed by atoms with E-state index >= 15 is 0 Å². The van der Waals surface area contributed by atoms with Gasteiger partial charge in [-0.2, -0.15) is 0 Å². The number of carbonyl (C=O) groups is 1. The molecule has 1 amide bonds. The zero-order valence-corrected chi connectivity index (χ0v) is 18.0. The fraction of sp³-hybridized carbons (Fsp3) is 0.381. The Bertz CT molecular complexity index is 769. The zero-order chi connectivity index (χ0) is 20.7. The van der Waals surface area contributed by atoms with Gasteiger partial charge >= 0.3 is 0 Å². The van der Waals surface area contributed by atoms with Crippen LogP contribution in [0.3, 0.4) is 0 Å². The second-order valence-electron chi connectivity index (χ2n) is 7.36. The van der Waals surface area contributed by atoms with E-state index in [1.165, 1.54) is 0 Å². The molecule has 0 aliphatic rings. The van der Waals surface area contributed by atoms with Crippen molar-refractivity contribution in [1.29, 1.82) is 0 Å². The molecule has 0 aromatic heterocycles. The number of benzene rings is 2. The van der Waals surface area contributed by atoms with Gasteiger partial charge in [-0.15, -0.1) is 0 Å². The molecule has 0 bridgehead atoms. The van der Waals surface area contributed by atoms with Gasteiger partial charge in [0.25, 0.3) is 5.91 Å². The average molecular weight is 425 g/mol. The summed E-state index contributed by atoms with van der Waals surface area (Å²) >= 11 is 12.3. The van der Waals surface area contributed by atoms with E-state index in [1.807, 2.05) is 45.0 Å². The number of carbonyl (C=O) groups excluding carboxylic acids is 1. The second-order valence-corrected chi connectivity index (χ2v) is 8.17. The number of nitrogens with one attached hydrogen (secondary N) is 2. The van der Waals surface area contributed by atoms with E-state index in [9.17, 15) is 4.79 Å². The SMILES string of the molecule is CNC(Cc1ccc(OCc2c(Cl)cccc2Cl)cc1)C(=O)NOC(C)(C)C. The van der Waals surface area contributed by atoms with E-state index < -0.39 is 11.6 Å². The number of halogens is 2. The number of rotatable bonds is 8. The normalized spacial score (nSPS) is 12.5. The van der Waals surface area contributed by atoms with Gasteiger partial charge in [0, 0.05) is 15.6 Å². The Hall–Kier alpha value is -1.79. The predicted octanol–water partition coefficient (Wildman–Crippen LogP) is 4.55. The van der Waals surface area contributed by atoms with Crippen LogP contribution in [0.2, 0.25) is 10.0 Å². The van der Waals surface area contributed by atoms with Crippen molar-refractivity contribution in [2.24, 2.45) is 0 Å². The lowest BCUT2D eigenvalue weighted by molar-refractivity contribution is -0.147. The number of hydroxylamine groups is 1. The fourth-order valence-corrected chi connectivity index (χ4v) is 2.89. The second kappa shape index (κ2) is 10.1. The third-order valence-electron chi connectivity index (χ3n) is 3.93. The highest BCUT2D eigenvalue weighted by Gasteiger charge is 2.20. The third-order valence-corrected chi connectivity index (χ3v) is 4.64. The molecule has 2 rings (SSSR count). The van der Waals surface area contributed by atoms with Crippen LogP contribution in [0.15, 0.2) is 42.5 Å². The van der Waals surface area contributed by atoms with Gasteiger partial charge in [0.05, 0.1) is 11.6 Å². The highest BCUT2D eigenvalue weighted by atomic mass is 35.5. The maximum Gasteiger partial charge on any atom is 0.261 e. The molecule has 2 N–H and O–H groups in total. The summed E-state index contributed by atoms with van der Waals surface area (Å²) in [6.07, 6.45) is 0.520. The van der Waals surface area contributed by atoms with E-state index in [1.54, 1.807) is 25.2 Å². The van der Waals surface area contributed by atoms with Gasteiger partial charge in [0.15, 0.2) is 0 Å². The summed E-state index contributed by atoms with van der Waals surface area (Å²) < 4.78 is 5.78. The summed E-state index contributed by atoms with van der Waals surface area (Å²) in [5.41, 5.74) is 3.80. The molecule has 28 heavy (non-hydrogen) atoms. The topological polar surface area (TPSA) is 59.6 Å². The van der Waals surface area contributed by atoms with Crippen LogP contribution >= 0.6 is 23.2 Å². The first-order chi connectivity index (χ1) is 13.2. The highest BCUT2D eigenvalue weighted by Crippen LogP contribution is 2.26. The third kappa shape index (κ3) is 6.99.